The van der Waals surface area contributed by atoms with Gasteiger partial charge < -0.3 is 10.2 Å². The first-order valence-electron chi connectivity index (χ1n) is 4.89. The Labute approximate surface area is 96.8 Å². The third-order valence-electron chi connectivity index (χ3n) is 2.37. The summed E-state index contributed by atoms with van der Waals surface area (Å²) in [5.74, 6) is 0. The molecule has 1 fully saturated rings. The maximum atomic E-state index is 11.2. The predicted molar refractivity (Wildman–Crippen MR) is 60.6 cm³/mol. The van der Waals surface area contributed by atoms with Crippen molar-refractivity contribution in [2.75, 3.05) is 19.6 Å². The van der Waals surface area contributed by atoms with Crippen LogP contribution < -0.4 is 5.32 Å². The van der Waals surface area contributed by atoms with Crippen LogP contribution in [-0.2, 0) is 6.42 Å². The van der Waals surface area contributed by atoms with Gasteiger partial charge in [0.2, 0.25) is 0 Å². The first-order chi connectivity index (χ1) is 7.25. The Balaban J connectivity index is 1.87. The second-order valence-corrected chi connectivity index (χ2v) is 4.35. The van der Waals surface area contributed by atoms with Gasteiger partial charge in [-0.15, -0.1) is 0 Å². The Hall–Kier alpha value is -1.10. The summed E-state index contributed by atoms with van der Waals surface area (Å²) in [6.07, 6.45) is 2.58. The molecule has 80 valence electrons. The number of carbonyl (C=O) groups is 1. The standard InChI is InChI=1S/C10H12BrN3O/c11-8-1-2-9(13-7-8)3-5-14-6-4-12-10(14)15/h1-2,7H,3-6H2,(H,12,15). The summed E-state index contributed by atoms with van der Waals surface area (Å²) in [5, 5.41) is 2.77. The largest absolute Gasteiger partial charge is 0.336 e. The average molecular weight is 270 g/mol. The number of urea groups is 1. The van der Waals surface area contributed by atoms with Crippen molar-refractivity contribution in [1.82, 2.24) is 15.2 Å². The van der Waals surface area contributed by atoms with Crippen LogP contribution in [0.25, 0.3) is 0 Å². The van der Waals surface area contributed by atoms with Crippen molar-refractivity contribution in [3.63, 3.8) is 0 Å². The van der Waals surface area contributed by atoms with Gasteiger partial charge in [-0.1, -0.05) is 0 Å². The quantitative estimate of drug-likeness (QED) is 0.902. The van der Waals surface area contributed by atoms with Crippen molar-refractivity contribution < 1.29 is 4.79 Å². The van der Waals surface area contributed by atoms with Gasteiger partial charge in [-0.25, -0.2) is 4.79 Å². The summed E-state index contributed by atoms with van der Waals surface area (Å²) in [4.78, 5) is 17.3. The van der Waals surface area contributed by atoms with Crippen molar-refractivity contribution >= 4 is 22.0 Å². The molecule has 2 amide bonds. The zero-order valence-corrected chi connectivity index (χ0v) is 9.83. The van der Waals surface area contributed by atoms with Crippen LogP contribution in [0.1, 0.15) is 5.69 Å². The molecule has 1 aliphatic heterocycles. The van der Waals surface area contributed by atoms with E-state index in [-0.39, 0.29) is 6.03 Å². The number of carbonyl (C=O) groups excluding carboxylic acids is 1. The SMILES string of the molecule is O=C1NCCN1CCc1ccc(Br)cn1. The number of hydrogen-bond donors (Lipinski definition) is 1. The second kappa shape index (κ2) is 4.61. The number of hydrogen-bond acceptors (Lipinski definition) is 2. The fraction of sp³-hybridized carbons (Fsp3) is 0.400. The number of rotatable bonds is 3. The van der Waals surface area contributed by atoms with E-state index in [1.165, 1.54) is 0 Å². The van der Waals surface area contributed by atoms with Crippen molar-refractivity contribution in [3.05, 3.63) is 28.5 Å². The molecule has 0 radical (unpaired) electrons. The van der Waals surface area contributed by atoms with Crippen LogP contribution in [0.15, 0.2) is 22.8 Å². The summed E-state index contributed by atoms with van der Waals surface area (Å²) in [5.41, 5.74) is 1.01. The maximum absolute atomic E-state index is 11.2. The highest BCUT2D eigenvalue weighted by molar-refractivity contribution is 9.10. The molecule has 0 atom stereocenters. The molecule has 1 aliphatic rings. The third kappa shape index (κ3) is 2.68. The van der Waals surface area contributed by atoms with Crippen molar-refractivity contribution in [3.8, 4) is 0 Å². The van der Waals surface area contributed by atoms with E-state index in [2.05, 4.69) is 26.2 Å². The van der Waals surface area contributed by atoms with Gasteiger partial charge in [0.05, 0.1) is 0 Å². The Morgan fingerprint density at radius 1 is 1.53 bits per heavy atom. The summed E-state index contributed by atoms with van der Waals surface area (Å²) in [6.45, 7) is 2.29. The molecule has 0 aromatic carbocycles. The molecule has 2 heterocycles. The molecule has 0 bridgehead atoms. The van der Waals surface area contributed by atoms with E-state index in [9.17, 15) is 4.79 Å². The van der Waals surface area contributed by atoms with E-state index in [0.717, 1.165) is 36.2 Å². The van der Waals surface area contributed by atoms with Crippen molar-refractivity contribution in [1.29, 1.82) is 0 Å². The number of pyridine rings is 1. The molecule has 1 aromatic rings. The van der Waals surface area contributed by atoms with Crippen molar-refractivity contribution in [2.45, 2.75) is 6.42 Å². The van der Waals surface area contributed by atoms with Crippen LogP contribution in [0.2, 0.25) is 0 Å². The van der Waals surface area contributed by atoms with Crippen LogP contribution in [0, 0.1) is 0 Å². The number of nitrogens with one attached hydrogen (secondary N) is 1. The molecule has 2 rings (SSSR count). The summed E-state index contributed by atoms with van der Waals surface area (Å²) < 4.78 is 0.977. The van der Waals surface area contributed by atoms with Gasteiger partial charge in [0.25, 0.3) is 0 Å². The number of halogens is 1. The van der Waals surface area contributed by atoms with Crippen molar-refractivity contribution in [2.24, 2.45) is 0 Å². The molecule has 0 unspecified atom stereocenters. The average Bonchev–Trinajstić information content (AvgIpc) is 2.63. The minimum Gasteiger partial charge on any atom is -0.336 e. The lowest BCUT2D eigenvalue weighted by Gasteiger charge is -2.13. The number of aromatic nitrogens is 1. The first-order valence-corrected chi connectivity index (χ1v) is 5.68. The van der Waals surface area contributed by atoms with Crippen LogP contribution in [0.4, 0.5) is 4.79 Å². The minimum absolute atomic E-state index is 0.0344. The molecule has 0 saturated carbocycles. The Morgan fingerprint density at radius 2 is 2.40 bits per heavy atom. The van der Waals surface area contributed by atoms with Crippen LogP contribution in [0.3, 0.4) is 0 Å². The Bertz CT molecular complexity index is 352. The molecule has 1 aromatic heterocycles. The molecule has 5 heteroatoms. The monoisotopic (exact) mass is 269 g/mol. The highest BCUT2D eigenvalue weighted by atomic mass is 79.9. The summed E-state index contributed by atoms with van der Waals surface area (Å²) >= 11 is 3.34. The van der Waals surface area contributed by atoms with Gasteiger partial charge in [0.15, 0.2) is 0 Å². The normalized spacial score (nSPS) is 15.5. The van der Waals surface area contributed by atoms with Gasteiger partial charge >= 0.3 is 6.03 Å². The Kier molecular flexibility index (Phi) is 3.20. The zero-order valence-electron chi connectivity index (χ0n) is 8.24. The van der Waals surface area contributed by atoms with Crippen LogP contribution >= 0.6 is 15.9 Å². The van der Waals surface area contributed by atoms with E-state index in [1.807, 2.05) is 17.0 Å². The number of amides is 2. The predicted octanol–water partition coefficient (Wildman–Crippen LogP) is 1.41. The van der Waals surface area contributed by atoms with Gasteiger partial charge in [0, 0.05) is 42.4 Å². The van der Waals surface area contributed by atoms with Gasteiger partial charge in [-0.3, -0.25) is 4.98 Å². The van der Waals surface area contributed by atoms with E-state index in [1.54, 1.807) is 6.20 Å². The zero-order chi connectivity index (χ0) is 10.7. The molecular formula is C10H12BrN3O. The smallest absolute Gasteiger partial charge is 0.317 e. The second-order valence-electron chi connectivity index (χ2n) is 3.44. The first kappa shape index (κ1) is 10.4. The topological polar surface area (TPSA) is 45.2 Å². The van der Waals surface area contributed by atoms with Gasteiger partial charge in [-0.2, -0.15) is 0 Å². The van der Waals surface area contributed by atoms with Gasteiger partial charge in [-0.05, 0) is 28.1 Å². The molecule has 4 nitrogen and oxygen atoms in total. The molecule has 1 N–H and O–H groups in total. The lowest BCUT2D eigenvalue weighted by molar-refractivity contribution is 0.218. The highest BCUT2D eigenvalue weighted by Gasteiger charge is 2.18. The van der Waals surface area contributed by atoms with E-state index in [0.29, 0.717) is 0 Å². The van der Waals surface area contributed by atoms with Crippen LogP contribution in [0.5, 0.6) is 0 Å². The fourth-order valence-electron chi connectivity index (χ4n) is 1.53. The van der Waals surface area contributed by atoms with E-state index < -0.39 is 0 Å². The third-order valence-corrected chi connectivity index (χ3v) is 2.84. The maximum Gasteiger partial charge on any atom is 0.317 e. The molecule has 0 spiro atoms. The summed E-state index contributed by atoms with van der Waals surface area (Å²) in [6, 6.07) is 3.97. The lowest BCUT2D eigenvalue weighted by Crippen LogP contribution is -2.30. The van der Waals surface area contributed by atoms with E-state index in [4.69, 9.17) is 0 Å². The lowest BCUT2D eigenvalue weighted by atomic mass is 10.2. The molecular weight excluding hydrogens is 258 g/mol. The van der Waals surface area contributed by atoms with Crippen LogP contribution in [-0.4, -0.2) is 35.5 Å². The van der Waals surface area contributed by atoms with Gasteiger partial charge in [0.1, 0.15) is 0 Å². The number of nitrogens with zero attached hydrogens (tertiary/aromatic N) is 2. The molecule has 1 saturated heterocycles. The molecule has 0 aliphatic carbocycles. The minimum atomic E-state index is 0.0344. The summed E-state index contributed by atoms with van der Waals surface area (Å²) in [7, 11) is 0. The highest BCUT2D eigenvalue weighted by Crippen LogP contribution is 2.08. The fourth-order valence-corrected chi connectivity index (χ4v) is 1.76. The Morgan fingerprint density at radius 3 is 3.00 bits per heavy atom. The van der Waals surface area contributed by atoms with E-state index >= 15 is 0 Å². The molecule has 15 heavy (non-hydrogen) atoms.